The van der Waals surface area contributed by atoms with Crippen molar-refractivity contribution in [2.75, 3.05) is 13.2 Å². The Labute approximate surface area is 167 Å². The number of carbonyl (C=O) groups is 3. The Morgan fingerprint density at radius 3 is 2.64 bits per heavy atom. The van der Waals surface area contributed by atoms with E-state index in [1.807, 2.05) is 24.3 Å². The van der Waals surface area contributed by atoms with E-state index in [1.54, 1.807) is 18.3 Å². The molecule has 150 valence electrons. The molecule has 1 heterocycles. The largest absolute Gasteiger partial charge is 0.455 e. The second-order valence-electron chi connectivity index (χ2n) is 7.08. The van der Waals surface area contributed by atoms with Crippen molar-refractivity contribution >= 4 is 39.5 Å². The number of amides is 3. The molecule has 1 aliphatic rings. The fraction of sp³-hybridized carbons (Fsp3) is 0.500. The van der Waals surface area contributed by atoms with E-state index in [1.165, 1.54) is 0 Å². The highest BCUT2D eigenvalue weighted by molar-refractivity contribution is 7.18. The topological polar surface area (TPSA) is 97.4 Å². The Balaban J connectivity index is 1.67. The molecule has 28 heavy (non-hydrogen) atoms. The van der Waals surface area contributed by atoms with Crippen molar-refractivity contribution < 1.29 is 19.1 Å². The van der Waals surface area contributed by atoms with Gasteiger partial charge < -0.3 is 10.1 Å². The van der Waals surface area contributed by atoms with Gasteiger partial charge in [0.15, 0.2) is 6.61 Å². The van der Waals surface area contributed by atoms with Crippen LogP contribution >= 0.6 is 11.3 Å². The lowest BCUT2D eigenvalue weighted by atomic mass is 9.72. The van der Waals surface area contributed by atoms with E-state index < -0.39 is 24.0 Å². The first-order valence-electron chi connectivity index (χ1n) is 9.62. The molecule has 0 aliphatic heterocycles. The second-order valence-corrected chi connectivity index (χ2v) is 8.19. The maximum absolute atomic E-state index is 12.9. The lowest BCUT2D eigenvalue weighted by molar-refractivity contribution is -0.161. The minimum atomic E-state index is -0.655. The van der Waals surface area contributed by atoms with Crippen LogP contribution in [0.5, 0.6) is 0 Å². The number of nitrogens with zero attached hydrogens (tertiary/aromatic N) is 1. The molecule has 2 N–H and O–H groups in total. The Morgan fingerprint density at radius 1 is 1.18 bits per heavy atom. The summed E-state index contributed by atoms with van der Waals surface area (Å²) in [6, 6.07) is 7.32. The zero-order chi connectivity index (χ0) is 20.0. The number of aromatic nitrogens is 1. The van der Waals surface area contributed by atoms with E-state index in [-0.39, 0.29) is 5.97 Å². The normalized spacial score (nSPS) is 15.8. The zero-order valence-electron chi connectivity index (χ0n) is 16.0. The monoisotopic (exact) mass is 403 g/mol. The van der Waals surface area contributed by atoms with E-state index in [9.17, 15) is 14.4 Å². The van der Waals surface area contributed by atoms with Gasteiger partial charge in [-0.15, -0.1) is 11.3 Å². The average Bonchev–Trinajstić information content (AvgIpc) is 3.09. The predicted octanol–water partition coefficient (Wildman–Crippen LogP) is 3.18. The molecule has 3 rings (SSSR count). The van der Waals surface area contributed by atoms with Crippen LogP contribution in [-0.4, -0.2) is 36.0 Å². The lowest BCUT2D eigenvalue weighted by Gasteiger charge is -2.34. The summed E-state index contributed by atoms with van der Waals surface area (Å²) in [5.74, 6) is -1.01. The van der Waals surface area contributed by atoms with Crippen LogP contribution < -0.4 is 10.6 Å². The molecule has 1 aliphatic carbocycles. The fourth-order valence-corrected chi connectivity index (χ4v) is 4.73. The van der Waals surface area contributed by atoms with Crippen molar-refractivity contribution in [1.29, 1.82) is 0 Å². The Bertz CT molecular complexity index is 825. The first kappa shape index (κ1) is 20.3. The van der Waals surface area contributed by atoms with Gasteiger partial charge in [0.2, 0.25) is 0 Å². The number of nitrogens with one attached hydrogen (secondary N) is 2. The molecule has 1 fully saturated rings. The first-order valence-corrected chi connectivity index (χ1v) is 10.4. The van der Waals surface area contributed by atoms with Gasteiger partial charge in [-0.05, 0) is 31.9 Å². The summed E-state index contributed by atoms with van der Waals surface area (Å²) in [5.41, 5.74) is 0.279. The van der Waals surface area contributed by atoms with E-state index in [0.29, 0.717) is 13.0 Å². The quantitative estimate of drug-likeness (QED) is 0.722. The molecule has 0 saturated heterocycles. The molecule has 8 heteroatoms. The molecule has 1 aromatic carbocycles. The number of hydrogen-bond donors (Lipinski definition) is 2. The summed E-state index contributed by atoms with van der Waals surface area (Å²) in [6.07, 6.45) is 4.95. The molecule has 7 nitrogen and oxygen atoms in total. The number of urea groups is 1. The summed E-state index contributed by atoms with van der Waals surface area (Å²) in [4.78, 5) is 40.8. The number of fused-ring (bicyclic) bond motifs is 1. The van der Waals surface area contributed by atoms with Crippen LogP contribution in [0.1, 0.15) is 44.0 Å². The van der Waals surface area contributed by atoms with E-state index in [2.05, 4.69) is 15.6 Å². The van der Waals surface area contributed by atoms with Crippen LogP contribution in [0.4, 0.5) is 4.79 Å². The van der Waals surface area contributed by atoms with Gasteiger partial charge in [-0.25, -0.2) is 9.78 Å². The zero-order valence-corrected chi connectivity index (χ0v) is 16.8. The standard InChI is InChI=1S/C20H25N3O4S/c1-2-21-19(26)23-16(24)13-27-18(25)20(10-6-3-7-11-20)12-17-22-14-8-4-5-9-15(14)28-17/h4-5,8-9H,2-3,6-7,10-13H2,1H3,(H2,21,23,24,26). The van der Waals surface area contributed by atoms with Gasteiger partial charge >= 0.3 is 12.0 Å². The minimum absolute atomic E-state index is 0.377. The van der Waals surface area contributed by atoms with Crippen LogP contribution in [-0.2, 0) is 20.7 Å². The van der Waals surface area contributed by atoms with Crippen molar-refractivity contribution in [1.82, 2.24) is 15.6 Å². The number of hydrogen-bond acceptors (Lipinski definition) is 6. The Hall–Kier alpha value is -2.48. The number of carbonyl (C=O) groups excluding carboxylic acids is 3. The van der Waals surface area contributed by atoms with Crippen molar-refractivity contribution in [2.45, 2.75) is 45.4 Å². The van der Waals surface area contributed by atoms with Crippen molar-refractivity contribution in [3.05, 3.63) is 29.3 Å². The van der Waals surface area contributed by atoms with Gasteiger partial charge in [0.05, 0.1) is 20.6 Å². The van der Waals surface area contributed by atoms with Crippen molar-refractivity contribution in [3.63, 3.8) is 0 Å². The molecule has 0 atom stereocenters. The average molecular weight is 404 g/mol. The van der Waals surface area contributed by atoms with Gasteiger partial charge in [0, 0.05) is 13.0 Å². The van der Waals surface area contributed by atoms with Crippen LogP contribution in [0, 0.1) is 5.41 Å². The molecule has 1 saturated carbocycles. The van der Waals surface area contributed by atoms with Crippen LogP contribution in [0.15, 0.2) is 24.3 Å². The molecule has 2 aromatic rings. The second kappa shape index (κ2) is 9.14. The third-order valence-corrected chi connectivity index (χ3v) is 6.03. The molecular formula is C20H25N3O4S. The third-order valence-electron chi connectivity index (χ3n) is 5.00. The van der Waals surface area contributed by atoms with E-state index in [4.69, 9.17) is 4.74 Å². The minimum Gasteiger partial charge on any atom is -0.455 e. The van der Waals surface area contributed by atoms with Crippen LogP contribution in [0.3, 0.4) is 0 Å². The summed E-state index contributed by atoms with van der Waals surface area (Å²) < 4.78 is 6.41. The first-order chi connectivity index (χ1) is 13.5. The predicted molar refractivity (Wildman–Crippen MR) is 107 cm³/mol. The molecule has 0 radical (unpaired) electrons. The third kappa shape index (κ3) is 4.86. The van der Waals surface area contributed by atoms with Crippen LogP contribution in [0.2, 0.25) is 0 Å². The number of benzene rings is 1. The highest BCUT2D eigenvalue weighted by Crippen LogP contribution is 2.41. The highest BCUT2D eigenvalue weighted by atomic mass is 32.1. The number of ether oxygens (including phenoxy) is 1. The Morgan fingerprint density at radius 2 is 1.93 bits per heavy atom. The Kier molecular flexibility index (Phi) is 6.61. The SMILES string of the molecule is CCNC(=O)NC(=O)COC(=O)C1(Cc2nc3ccccc3s2)CCCCC1. The van der Waals surface area contributed by atoms with Crippen LogP contribution in [0.25, 0.3) is 10.2 Å². The maximum atomic E-state index is 12.9. The fourth-order valence-electron chi connectivity index (χ4n) is 3.62. The molecule has 0 spiro atoms. The van der Waals surface area contributed by atoms with Gasteiger partial charge in [-0.1, -0.05) is 31.4 Å². The number of thiazole rings is 1. The maximum Gasteiger partial charge on any atom is 0.321 e. The number of esters is 1. The van der Waals surface area contributed by atoms with Crippen molar-refractivity contribution in [3.8, 4) is 0 Å². The van der Waals surface area contributed by atoms with E-state index >= 15 is 0 Å². The summed E-state index contributed by atoms with van der Waals surface area (Å²) in [7, 11) is 0. The summed E-state index contributed by atoms with van der Waals surface area (Å²) in [5, 5.41) is 5.51. The van der Waals surface area contributed by atoms with Gasteiger partial charge in [0.25, 0.3) is 5.91 Å². The number of para-hydroxylation sites is 1. The lowest BCUT2D eigenvalue weighted by Crippen LogP contribution is -2.43. The van der Waals surface area contributed by atoms with Gasteiger partial charge in [-0.3, -0.25) is 14.9 Å². The molecular weight excluding hydrogens is 378 g/mol. The van der Waals surface area contributed by atoms with Crippen molar-refractivity contribution in [2.24, 2.45) is 5.41 Å². The molecule has 3 amide bonds. The smallest absolute Gasteiger partial charge is 0.321 e. The van der Waals surface area contributed by atoms with Gasteiger partial charge in [0.1, 0.15) is 0 Å². The summed E-state index contributed by atoms with van der Waals surface area (Å²) >= 11 is 1.59. The summed E-state index contributed by atoms with van der Waals surface area (Å²) in [6.45, 7) is 1.70. The molecule has 1 aromatic heterocycles. The van der Waals surface area contributed by atoms with E-state index in [0.717, 1.165) is 47.3 Å². The van der Waals surface area contributed by atoms with Gasteiger partial charge in [-0.2, -0.15) is 0 Å². The highest BCUT2D eigenvalue weighted by Gasteiger charge is 2.42. The number of rotatable bonds is 6. The molecule has 0 bridgehead atoms. The number of imide groups is 1. The molecule has 0 unspecified atom stereocenters.